The van der Waals surface area contributed by atoms with Gasteiger partial charge >= 0.3 is 5.97 Å². The van der Waals surface area contributed by atoms with Crippen molar-refractivity contribution >= 4 is 11.9 Å². The second-order valence-electron chi connectivity index (χ2n) is 5.99. The third-order valence-corrected chi connectivity index (χ3v) is 3.72. The molecule has 0 aliphatic carbocycles. The average molecular weight is 351 g/mol. The molecular weight excluding hydrogens is 322 g/mol. The van der Waals surface area contributed by atoms with Crippen molar-refractivity contribution in [2.75, 3.05) is 19.8 Å². The van der Waals surface area contributed by atoms with Gasteiger partial charge in [0.25, 0.3) is 5.91 Å². The summed E-state index contributed by atoms with van der Waals surface area (Å²) in [5.41, 5.74) is 0.492. The Bertz CT molecular complexity index is 537. The smallest absolute Gasteiger partial charge is 0.307 e. The summed E-state index contributed by atoms with van der Waals surface area (Å²) in [6.07, 6.45) is 0.756. The summed E-state index contributed by atoms with van der Waals surface area (Å²) in [6.45, 7) is 7.86. The fourth-order valence-electron chi connectivity index (χ4n) is 2.46. The fraction of sp³-hybridized carbons (Fsp3) is 0.579. The van der Waals surface area contributed by atoms with Crippen LogP contribution in [0, 0.1) is 0 Å². The van der Waals surface area contributed by atoms with E-state index in [1.165, 1.54) is 4.90 Å². The maximum absolute atomic E-state index is 12.8. The minimum absolute atomic E-state index is 0.0569. The number of aliphatic hydroxyl groups excluding tert-OH is 1. The lowest BCUT2D eigenvalue weighted by Gasteiger charge is -2.30. The van der Waals surface area contributed by atoms with Crippen LogP contribution in [-0.4, -0.2) is 53.8 Å². The Labute approximate surface area is 149 Å². The number of hydrogen-bond acceptors (Lipinski definition) is 5. The zero-order chi connectivity index (χ0) is 18.8. The van der Waals surface area contributed by atoms with Gasteiger partial charge in [-0.15, -0.1) is 0 Å². The topological polar surface area (TPSA) is 76.1 Å². The maximum atomic E-state index is 12.8. The fourth-order valence-corrected chi connectivity index (χ4v) is 2.46. The number of esters is 1. The van der Waals surface area contributed by atoms with Crippen molar-refractivity contribution < 1.29 is 24.2 Å². The number of amides is 1. The molecule has 25 heavy (non-hydrogen) atoms. The number of nitrogens with zero attached hydrogens (tertiary/aromatic N) is 1. The van der Waals surface area contributed by atoms with E-state index in [4.69, 9.17) is 9.47 Å². The predicted molar refractivity (Wildman–Crippen MR) is 95.7 cm³/mol. The van der Waals surface area contributed by atoms with E-state index in [0.29, 0.717) is 24.3 Å². The Hall–Kier alpha value is -2.08. The summed E-state index contributed by atoms with van der Waals surface area (Å²) in [4.78, 5) is 26.0. The largest absolute Gasteiger partial charge is 0.491 e. The van der Waals surface area contributed by atoms with E-state index in [1.807, 2.05) is 20.8 Å². The second kappa shape index (κ2) is 10.7. The van der Waals surface area contributed by atoms with Crippen molar-refractivity contribution in [1.29, 1.82) is 0 Å². The van der Waals surface area contributed by atoms with Crippen LogP contribution in [0.1, 0.15) is 50.9 Å². The molecule has 1 atom stereocenters. The number of ether oxygens (including phenoxy) is 2. The summed E-state index contributed by atoms with van der Waals surface area (Å²) in [7, 11) is 0. The van der Waals surface area contributed by atoms with Gasteiger partial charge in [-0.1, -0.05) is 6.92 Å². The number of aliphatic hydroxyl groups is 1. The van der Waals surface area contributed by atoms with Gasteiger partial charge in [-0.3, -0.25) is 9.59 Å². The minimum atomic E-state index is -0.353. The van der Waals surface area contributed by atoms with E-state index in [9.17, 15) is 14.7 Å². The molecule has 0 bridgehead atoms. The number of benzene rings is 1. The van der Waals surface area contributed by atoms with Gasteiger partial charge in [-0.2, -0.15) is 0 Å². The first kappa shape index (κ1) is 21.0. The van der Waals surface area contributed by atoms with Crippen LogP contribution < -0.4 is 4.74 Å². The van der Waals surface area contributed by atoms with Gasteiger partial charge in [0.2, 0.25) is 0 Å². The highest BCUT2D eigenvalue weighted by atomic mass is 16.5. The van der Waals surface area contributed by atoms with Crippen LogP contribution in [0.15, 0.2) is 24.3 Å². The highest BCUT2D eigenvalue weighted by Crippen LogP contribution is 2.17. The molecule has 0 radical (unpaired) electrons. The number of hydrogen-bond donors (Lipinski definition) is 1. The lowest BCUT2D eigenvalue weighted by molar-refractivity contribution is -0.143. The highest BCUT2D eigenvalue weighted by molar-refractivity contribution is 5.94. The lowest BCUT2D eigenvalue weighted by Crippen LogP contribution is -2.43. The van der Waals surface area contributed by atoms with Crippen LogP contribution in [0.3, 0.4) is 0 Å². The zero-order valence-electron chi connectivity index (χ0n) is 15.5. The van der Waals surface area contributed by atoms with Gasteiger partial charge in [0.15, 0.2) is 0 Å². The first-order chi connectivity index (χ1) is 11.9. The quantitative estimate of drug-likeness (QED) is 0.656. The van der Waals surface area contributed by atoms with Crippen molar-refractivity contribution in [3.63, 3.8) is 0 Å². The van der Waals surface area contributed by atoms with Crippen LogP contribution in [0.4, 0.5) is 0 Å². The third-order valence-electron chi connectivity index (χ3n) is 3.72. The Morgan fingerprint density at radius 3 is 2.28 bits per heavy atom. The lowest BCUT2D eigenvalue weighted by atomic mass is 10.1. The van der Waals surface area contributed by atoms with Gasteiger partial charge in [0.1, 0.15) is 5.75 Å². The van der Waals surface area contributed by atoms with Crippen molar-refractivity contribution in [1.82, 2.24) is 4.90 Å². The molecular formula is C19H29NO5. The van der Waals surface area contributed by atoms with E-state index in [2.05, 4.69) is 0 Å². The molecule has 0 spiro atoms. The van der Waals surface area contributed by atoms with E-state index >= 15 is 0 Å². The molecule has 0 heterocycles. The molecule has 1 rings (SSSR count). The third kappa shape index (κ3) is 6.74. The van der Waals surface area contributed by atoms with Gasteiger partial charge in [-0.25, -0.2) is 0 Å². The zero-order valence-corrected chi connectivity index (χ0v) is 15.5. The monoisotopic (exact) mass is 351 g/mol. The van der Waals surface area contributed by atoms with Crippen LogP contribution in [-0.2, 0) is 9.53 Å². The summed E-state index contributed by atoms with van der Waals surface area (Å²) < 4.78 is 10.5. The first-order valence-corrected chi connectivity index (χ1v) is 8.77. The van der Waals surface area contributed by atoms with Gasteiger partial charge in [0, 0.05) is 12.1 Å². The van der Waals surface area contributed by atoms with E-state index in [1.54, 1.807) is 31.2 Å². The Balaban J connectivity index is 2.88. The van der Waals surface area contributed by atoms with E-state index in [-0.39, 0.29) is 43.6 Å². The Morgan fingerprint density at radius 2 is 1.80 bits per heavy atom. The average Bonchev–Trinajstić information content (AvgIpc) is 2.58. The molecule has 1 aromatic carbocycles. The van der Waals surface area contributed by atoms with Crippen molar-refractivity contribution in [2.24, 2.45) is 0 Å². The molecule has 0 aliphatic heterocycles. The molecule has 0 saturated carbocycles. The molecule has 6 heteroatoms. The molecule has 0 fully saturated rings. The van der Waals surface area contributed by atoms with E-state index in [0.717, 1.165) is 0 Å². The molecule has 0 aliphatic rings. The number of carbonyl (C=O) groups excluding carboxylic acids is 2. The van der Waals surface area contributed by atoms with E-state index < -0.39 is 0 Å². The SMILES string of the molecule is CCOC(=O)CCN(C(=O)c1ccc(OC(C)C)cc1)C(CC)CO. The molecule has 1 aromatic rings. The second-order valence-corrected chi connectivity index (χ2v) is 5.99. The normalized spacial score (nSPS) is 11.9. The molecule has 0 saturated heterocycles. The molecule has 1 N–H and O–H groups in total. The van der Waals surface area contributed by atoms with Crippen LogP contribution in [0.5, 0.6) is 5.75 Å². The van der Waals surface area contributed by atoms with Crippen molar-refractivity contribution in [2.45, 2.75) is 52.7 Å². The Kier molecular flexibility index (Phi) is 8.99. The van der Waals surface area contributed by atoms with Crippen LogP contribution in [0.2, 0.25) is 0 Å². The van der Waals surface area contributed by atoms with Crippen LogP contribution in [0.25, 0.3) is 0 Å². The number of rotatable bonds is 10. The summed E-state index contributed by atoms with van der Waals surface area (Å²) >= 11 is 0. The molecule has 6 nitrogen and oxygen atoms in total. The first-order valence-electron chi connectivity index (χ1n) is 8.77. The molecule has 140 valence electrons. The molecule has 1 unspecified atom stereocenters. The summed E-state index contributed by atoms with van der Waals surface area (Å²) in [6, 6.07) is 6.55. The maximum Gasteiger partial charge on any atom is 0.307 e. The summed E-state index contributed by atoms with van der Waals surface area (Å²) in [5.74, 6) is 0.119. The number of carbonyl (C=O) groups is 2. The van der Waals surface area contributed by atoms with Crippen molar-refractivity contribution in [3.8, 4) is 5.75 Å². The predicted octanol–water partition coefficient (Wildman–Crippen LogP) is 2.64. The summed E-state index contributed by atoms with van der Waals surface area (Å²) in [5, 5.41) is 9.57. The van der Waals surface area contributed by atoms with Gasteiger partial charge in [-0.05, 0) is 51.5 Å². The van der Waals surface area contributed by atoms with Crippen LogP contribution >= 0.6 is 0 Å². The van der Waals surface area contributed by atoms with Crippen molar-refractivity contribution in [3.05, 3.63) is 29.8 Å². The Morgan fingerprint density at radius 1 is 1.16 bits per heavy atom. The molecule has 1 amide bonds. The molecule has 0 aromatic heterocycles. The highest BCUT2D eigenvalue weighted by Gasteiger charge is 2.24. The van der Waals surface area contributed by atoms with Gasteiger partial charge < -0.3 is 19.5 Å². The standard InChI is InChI=1S/C19H29NO5/c1-5-16(13-21)20(12-11-18(22)24-6-2)19(23)15-7-9-17(10-8-15)25-14(3)4/h7-10,14,16,21H,5-6,11-13H2,1-4H3. The minimum Gasteiger partial charge on any atom is -0.491 e. The van der Waals surface area contributed by atoms with Gasteiger partial charge in [0.05, 0.1) is 31.8 Å².